The van der Waals surface area contributed by atoms with Crippen LogP contribution in [0.3, 0.4) is 0 Å². The maximum absolute atomic E-state index is 6.51. The van der Waals surface area contributed by atoms with Gasteiger partial charge in [0.15, 0.2) is 11.5 Å². The Kier molecular flexibility index (Phi) is 7.96. The van der Waals surface area contributed by atoms with E-state index >= 15 is 0 Å². The maximum atomic E-state index is 6.51. The predicted octanol–water partition coefficient (Wildman–Crippen LogP) is 8.00. The summed E-state index contributed by atoms with van der Waals surface area (Å²) < 4.78 is 12.6. The van der Waals surface area contributed by atoms with Gasteiger partial charge in [0, 0.05) is 27.3 Å². The lowest BCUT2D eigenvalue weighted by Crippen LogP contribution is -2.04. The fourth-order valence-corrected chi connectivity index (χ4v) is 3.61. The molecule has 1 N–H and O–H groups in total. The van der Waals surface area contributed by atoms with Crippen molar-refractivity contribution in [3.63, 3.8) is 0 Å². The van der Waals surface area contributed by atoms with Crippen molar-refractivity contribution >= 4 is 56.4 Å². The quantitative estimate of drug-likeness (QED) is 0.330. The van der Waals surface area contributed by atoms with E-state index in [9.17, 15) is 0 Å². The molecule has 3 nitrogen and oxygen atoms in total. The molecule has 29 heavy (non-hydrogen) atoms. The minimum absolute atomic E-state index is 0.300. The average Bonchev–Trinajstić information content (AvgIpc) is 2.70. The number of nitrogens with one attached hydrogen (secondary N) is 1. The molecule has 0 amide bonds. The summed E-state index contributed by atoms with van der Waals surface area (Å²) in [5, 5.41) is 5.11. The Bertz CT molecular complexity index is 998. The van der Waals surface area contributed by atoms with Crippen LogP contribution in [0.2, 0.25) is 15.1 Å². The van der Waals surface area contributed by atoms with Gasteiger partial charge in [0.25, 0.3) is 0 Å². The van der Waals surface area contributed by atoms with Gasteiger partial charge < -0.3 is 14.8 Å². The molecule has 152 valence electrons. The summed E-state index contributed by atoms with van der Waals surface area (Å²) in [6.07, 6.45) is 0. The normalized spacial score (nSPS) is 10.7. The van der Waals surface area contributed by atoms with Crippen molar-refractivity contribution in [1.29, 1.82) is 0 Å². The maximum Gasteiger partial charge on any atom is 0.180 e. The number of hydrogen-bond acceptors (Lipinski definition) is 3. The lowest BCUT2D eigenvalue weighted by molar-refractivity contribution is 0.269. The topological polar surface area (TPSA) is 30.5 Å². The van der Waals surface area contributed by atoms with E-state index in [0.717, 1.165) is 21.3 Å². The third-order valence-electron chi connectivity index (χ3n) is 4.12. The van der Waals surface area contributed by atoms with E-state index in [4.69, 9.17) is 44.3 Å². The van der Waals surface area contributed by atoms with Crippen LogP contribution in [0.4, 0.5) is 5.69 Å². The smallest absolute Gasteiger partial charge is 0.180 e. The second-order valence-corrected chi connectivity index (χ2v) is 8.28. The second kappa shape index (κ2) is 10.4. The highest BCUT2D eigenvalue weighted by Gasteiger charge is 2.14. The van der Waals surface area contributed by atoms with Gasteiger partial charge in [-0.05, 0) is 64.8 Å². The molecule has 0 aliphatic rings. The Labute approximate surface area is 194 Å². The summed E-state index contributed by atoms with van der Waals surface area (Å²) in [6, 6.07) is 17.0. The van der Waals surface area contributed by atoms with Crippen molar-refractivity contribution in [1.82, 2.24) is 0 Å². The second-order valence-electron chi connectivity index (χ2n) is 6.20. The van der Waals surface area contributed by atoms with Gasteiger partial charge >= 0.3 is 0 Å². The van der Waals surface area contributed by atoms with E-state index in [-0.39, 0.29) is 0 Å². The Morgan fingerprint density at radius 2 is 1.69 bits per heavy atom. The lowest BCUT2D eigenvalue weighted by atomic mass is 10.2. The van der Waals surface area contributed by atoms with Crippen LogP contribution >= 0.6 is 50.7 Å². The average molecular weight is 516 g/mol. The molecular formula is C22H19BrCl3NO2. The molecule has 0 saturated heterocycles. The van der Waals surface area contributed by atoms with E-state index in [1.165, 1.54) is 0 Å². The summed E-state index contributed by atoms with van der Waals surface area (Å²) in [6.45, 7) is 3.27. The van der Waals surface area contributed by atoms with Gasteiger partial charge in [-0.1, -0.05) is 53.0 Å². The highest BCUT2D eigenvalue weighted by atomic mass is 79.9. The van der Waals surface area contributed by atoms with Crippen LogP contribution in [-0.4, -0.2) is 6.61 Å². The zero-order valence-electron chi connectivity index (χ0n) is 15.6. The summed E-state index contributed by atoms with van der Waals surface area (Å²) >= 11 is 22.3. The highest BCUT2D eigenvalue weighted by Crippen LogP contribution is 2.38. The molecule has 0 aliphatic heterocycles. The van der Waals surface area contributed by atoms with Gasteiger partial charge in [-0.25, -0.2) is 0 Å². The molecule has 0 unspecified atom stereocenters. The van der Waals surface area contributed by atoms with E-state index in [1.54, 1.807) is 0 Å². The van der Waals surface area contributed by atoms with Crippen LogP contribution in [0.5, 0.6) is 11.5 Å². The molecule has 3 aromatic carbocycles. The van der Waals surface area contributed by atoms with Crippen molar-refractivity contribution in [3.05, 3.63) is 85.3 Å². The summed E-state index contributed by atoms with van der Waals surface area (Å²) in [5.74, 6) is 1.10. The molecular weight excluding hydrogens is 497 g/mol. The number of hydrogen-bond donors (Lipinski definition) is 1. The third kappa shape index (κ3) is 5.95. The molecule has 0 aliphatic carbocycles. The number of halogens is 4. The monoisotopic (exact) mass is 513 g/mol. The van der Waals surface area contributed by atoms with E-state index < -0.39 is 0 Å². The fourth-order valence-electron chi connectivity index (χ4n) is 2.70. The van der Waals surface area contributed by atoms with E-state index in [1.807, 2.05) is 61.5 Å². The standard InChI is InChI=1S/C22H19BrCl3NO2/c1-2-28-21-10-14(12-27-16-7-8-17(23)19(25)11-16)9-20(26)22(21)29-13-15-5-3-4-6-18(15)24/h3-11,27H,2,12-13H2,1H3. The van der Waals surface area contributed by atoms with Gasteiger partial charge in [-0.2, -0.15) is 0 Å². The first-order valence-electron chi connectivity index (χ1n) is 8.98. The minimum atomic E-state index is 0.300. The van der Waals surface area contributed by atoms with E-state index in [0.29, 0.717) is 46.3 Å². The summed E-state index contributed by atoms with van der Waals surface area (Å²) in [5.41, 5.74) is 2.75. The predicted molar refractivity (Wildman–Crippen MR) is 125 cm³/mol. The van der Waals surface area contributed by atoms with Crippen LogP contribution in [0.15, 0.2) is 59.1 Å². The van der Waals surface area contributed by atoms with Crippen molar-refractivity contribution < 1.29 is 9.47 Å². The Balaban J connectivity index is 1.76. The van der Waals surface area contributed by atoms with Crippen molar-refractivity contribution in [2.24, 2.45) is 0 Å². The van der Waals surface area contributed by atoms with Gasteiger partial charge in [0.05, 0.1) is 16.7 Å². The number of benzene rings is 3. The Morgan fingerprint density at radius 3 is 2.41 bits per heavy atom. The van der Waals surface area contributed by atoms with Gasteiger partial charge in [-0.3, -0.25) is 0 Å². The number of rotatable bonds is 8. The highest BCUT2D eigenvalue weighted by molar-refractivity contribution is 9.10. The molecule has 7 heteroatoms. The first kappa shape index (κ1) is 22.1. The third-order valence-corrected chi connectivity index (χ3v) is 6.00. The van der Waals surface area contributed by atoms with Crippen LogP contribution in [0.1, 0.15) is 18.1 Å². The first-order chi connectivity index (χ1) is 14.0. The number of anilines is 1. The molecule has 0 fully saturated rings. The molecule has 0 saturated carbocycles. The summed E-state index contributed by atoms with van der Waals surface area (Å²) in [7, 11) is 0. The van der Waals surface area contributed by atoms with Crippen molar-refractivity contribution in [2.45, 2.75) is 20.1 Å². The van der Waals surface area contributed by atoms with Crippen molar-refractivity contribution in [2.75, 3.05) is 11.9 Å². The Hall–Kier alpha value is -1.59. The SMILES string of the molecule is CCOc1cc(CNc2ccc(Br)c(Cl)c2)cc(Cl)c1OCc1ccccc1Cl. The zero-order valence-corrected chi connectivity index (χ0v) is 19.5. The first-order valence-corrected chi connectivity index (χ1v) is 10.9. The molecule has 0 atom stereocenters. The van der Waals surface area contributed by atoms with Gasteiger partial charge in [-0.15, -0.1) is 0 Å². The van der Waals surface area contributed by atoms with Crippen LogP contribution in [0.25, 0.3) is 0 Å². The zero-order chi connectivity index (χ0) is 20.8. The molecule has 0 spiro atoms. The minimum Gasteiger partial charge on any atom is -0.490 e. The molecule has 0 aromatic heterocycles. The van der Waals surface area contributed by atoms with Crippen LogP contribution in [-0.2, 0) is 13.2 Å². The number of ether oxygens (including phenoxy) is 2. The molecule has 3 aromatic rings. The Morgan fingerprint density at radius 1 is 0.897 bits per heavy atom. The van der Waals surface area contributed by atoms with E-state index in [2.05, 4.69) is 21.2 Å². The van der Waals surface area contributed by atoms with Gasteiger partial charge in [0.1, 0.15) is 6.61 Å². The summed E-state index contributed by atoms with van der Waals surface area (Å²) in [4.78, 5) is 0. The van der Waals surface area contributed by atoms with Crippen LogP contribution < -0.4 is 14.8 Å². The van der Waals surface area contributed by atoms with Gasteiger partial charge in [0.2, 0.25) is 0 Å². The lowest BCUT2D eigenvalue weighted by Gasteiger charge is -2.16. The van der Waals surface area contributed by atoms with Crippen molar-refractivity contribution in [3.8, 4) is 11.5 Å². The molecule has 0 bridgehead atoms. The fraction of sp³-hybridized carbons (Fsp3) is 0.182. The molecule has 3 rings (SSSR count). The largest absolute Gasteiger partial charge is 0.490 e. The molecule has 0 heterocycles. The van der Waals surface area contributed by atoms with Crippen LogP contribution in [0, 0.1) is 0 Å². The molecule has 0 radical (unpaired) electrons.